The highest BCUT2D eigenvalue weighted by Crippen LogP contribution is 2.43. The molecule has 1 aliphatic rings. The first-order valence-electron chi connectivity index (χ1n) is 9.42. The van der Waals surface area contributed by atoms with Gasteiger partial charge in [-0.05, 0) is 48.6 Å². The van der Waals surface area contributed by atoms with Crippen LogP contribution in [0.5, 0.6) is 0 Å². The third-order valence-electron chi connectivity index (χ3n) is 5.47. The predicted octanol–water partition coefficient (Wildman–Crippen LogP) is 6.67. The van der Waals surface area contributed by atoms with Crippen LogP contribution < -0.4 is 0 Å². The van der Waals surface area contributed by atoms with Crippen LogP contribution in [-0.2, 0) is 19.4 Å². The number of halogens is 2. The highest BCUT2D eigenvalue weighted by Gasteiger charge is 2.32. The lowest BCUT2D eigenvalue weighted by atomic mass is 9.91. The summed E-state index contributed by atoms with van der Waals surface area (Å²) in [4.78, 5) is 5.30. The van der Waals surface area contributed by atoms with Crippen molar-refractivity contribution >= 4 is 27.3 Å². The zero-order valence-electron chi connectivity index (χ0n) is 15.6. The summed E-state index contributed by atoms with van der Waals surface area (Å²) in [5, 5.41) is 0. The van der Waals surface area contributed by atoms with E-state index in [1.54, 1.807) is 6.07 Å². The lowest BCUT2D eigenvalue weighted by Crippen LogP contribution is -2.35. The van der Waals surface area contributed by atoms with Gasteiger partial charge in [-0.15, -0.1) is 11.3 Å². The number of thiophene rings is 1. The highest BCUT2D eigenvalue weighted by atomic mass is 79.9. The third kappa shape index (κ3) is 3.63. The fraction of sp³-hybridized carbons (Fsp3) is 0.304. The molecule has 0 saturated heterocycles. The van der Waals surface area contributed by atoms with Crippen molar-refractivity contribution in [2.45, 2.75) is 39.3 Å². The van der Waals surface area contributed by atoms with Gasteiger partial charge in [0.25, 0.3) is 0 Å². The van der Waals surface area contributed by atoms with E-state index in [1.807, 2.05) is 23.5 Å². The fourth-order valence-electron chi connectivity index (χ4n) is 4.19. The Kier molecular flexibility index (Phi) is 5.49. The maximum Gasteiger partial charge on any atom is 0.128 e. The van der Waals surface area contributed by atoms with E-state index in [4.69, 9.17) is 0 Å². The Morgan fingerprint density at radius 3 is 2.67 bits per heavy atom. The minimum Gasteiger partial charge on any atom is -0.287 e. The van der Waals surface area contributed by atoms with Crippen LogP contribution in [-0.4, -0.2) is 11.4 Å². The van der Waals surface area contributed by atoms with E-state index in [0.717, 1.165) is 29.4 Å². The summed E-state index contributed by atoms with van der Waals surface area (Å²) in [5.74, 6) is -0.140. The average molecular weight is 444 g/mol. The molecule has 0 unspecified atom stereocenters. The number of rotatable bonds is 4. The maximum absolute atomic E-state index is 14.5. The van der Waals surface area contributed by atoms with E-state index in [0.29, 0.717) is 6.54 Å². The van der Waals surface area contributed by atoms with Crippen LogP contribution in [0.15, 0.2) is 53.0 Å². The summed E-state index contributed by atoms with van der Waals surface area (Å²) >= 11 is 5.28. The van der Waals surface area contributed by atoms with Crippen molar-refractivity contribution in [3.8, 4) is 0 Å². The molecule has 4 heteroatoms. The molecule has 0 N–H and O–H groups in total. The van der Waals surface area contributed by atoms with Gasteiger partial charge < -0.3 is 0 Å². The number of benzene rings is 2. The summed E-state index contributed by atoms with van der Waals surface area (Å²) in [7, 11) is 0. The molecule has 0 radical (unpaired) electrons. The SMILES string of the molecule is CCc1c(C)sc2c1CCN(Cc1ccc(Br)cc1F)[C@@H]2c1ccccc1. The normalized spacial score (nSPS) is 17.1. The first kappa shape index (κ1) is 18.9. The second-order valence-electron chi connectivity index (χ2n) is 7.10. The van der Waals surface area contributed by atoms with E-state index >= 15 is 0 Å². The number of aryl methyl sites for hydroxylation is 1. The van der Waals surface area contributed by atoms with E-state index < -0.39 is 0 Å². The first-order chi connectivity index (χ1) is 13.1. The maximum atomic E-state index is 14.5. The highest BCUT2D eigenvalue weighted by molar-refractivity contribution is 9.10. The van der Waals surface area contributed by atoms with Crippen LogP contribution in [0.2, 0.25) is 0 Å². The number of nitrogens with zero attached hydrogens (tertiary/aromatic N) is 1. The molecule has 0 amide bonds. The van der Waals surface area contributed by atoms with Crippen molar-refractivity contribution < 1.29 is 4.39 Å². The summed E-state index contributed by atoms with van der Waals surface area (Å²) in [6.45, 7) is 6.06. The van der Waals surface area contributed by atoms with Crippen LogP contribution in [0.3, 0.4) is 0 Å². The Morgan fingerprint density at radius 2 is 1.96 bits per heavy atom. The van der Waals surface area contributed by atoms with Gasteiger partial charge in [-0.3, -0.25) is 4.90 Å². The average Bonchev–Trinajstić information content (AvgIpc) is 2.99. The minimum atomic E-state index is -0.140. The molecule has 1 nitrogen and oxygen atoms in total. The van der Waals surface area contributed by atoms with Gasteiger partial charge in [-0.25, -0.2) is 4.39 Å². The molecule has 1 aromatic heterocycles. The van der Waals surface area contributed by atoms with Crippen molar-refractivity contribution in [1.29, 1.82) is 0 Å². The van der Waals surface area contributed by atoms with Crippen molar-refractivity contribution in [3.63, 3.8) is 0 Å². The smallest absolute Gasteiger partial charge is 0.128 e. The summed E-state index contributed by atoms with van der Waals surface area (Å²) in [5.41, 5.74) is 5.10. The monoisotopic (exact) mass is 443 g/mol. The third-order valence-corrected chi connectivity index (χ3v) is 7.21. The van der Waals surface area contributed by atoms with Crippen molar-refractivity contribution in [2.75, 3.05) is 6.54 Å². The Labute approximate surface area is 173 Å². The number of hydrogen-bond acceptors (Lipinski definition) is 2. The van der Waals surface area contributed by atoms with Gasteiger partial charge in [-0.2, -0.15) is 0 Å². The fourth-order valence-corrected chi connectivity index (χ4v) is 5.99. The molecular formula is C23H23BrFNS. The molecule has 140 valence electrons. The number of hydrogen-bond donors (Lipinski definition) is 0. The molecule has 0 spiro atoms. The largest absolute Gasteiger partial charge is 0.287 e. The molecule has 2 heterocycles. The number of fused-ring (bicyclic) bond motifs is 1. The molecule has 0 bridgehead atoms. The minimum absolute atomic E-state index is 0.140. The van der Waals surface area contributed by atoms with Gasteiger partial charge >= 0.3 is 0 Å². The molecule has 3 aromatic rings. The molecular weight excluding hydrogens is 421 g/mol. The van der Waals surface area contributed by atoms with Crippen LogP contribution in [0.1, 0.15) is 45.0 Å². The van der Waals surface area contributed by atoms with Gasteiger partial charge in [0.1, 0.15) is 5.82 Å². The van der Waals surface area contributed by atoms with Crippen LogP contribution in [0, 0.1) is 12.7 Å². The first-order valence-corrected chi connectivity index (χ1v) is 11.0. The van der Waals surface area contributed by atoms with E-state index in [2.05, 4.69) is 65.0 Å². The van der Waals surface area contributed by atoms with E-state index in [1.165, 1.54) is 26.4 Å². The standard InChI is InChI=1S/C23H23BrFNS/c1-3-19-15(2)27-23-20(19)11-12-26(22(23)16-7-5-4-6-8-16)14-17-9-10-18(24)13-21(17)25/h4-10,13,22H,3,11-12,14H2,1-2H3/t22-/m1/s1. The van der Waals surface area contributed by atoms with E-state index in [-0.39, 0.29) is 11.9 Å². The summed E-state index contributed by atoms with van der Waals surface area (Å²) in [6.07, 6.45) is 2.13. The van der Waals surface area contributed by atoms with Crippen LogP contribution >= 0.6 is 27.3 Å². The zero-order valence-corrected chi connectivity index (χ0v) is 18.0. The second-order valence-corrected chi connectivity index (χ2v) is 9.27. The van der Waals surface area contributed by atoms with Crippen molar-refractivity contribution in [1.82, 2.24) is 4.90 Å². The molecule has 27 heavy (non-hydrogen) atoms. The summed E-state index contributed by atoms with van der Waals surface area (Å²) in [6, 6.07) is 16.2. The molecule has 0 fully saturated rings. The van der Waals surface area contributed by atoms with Crippen molar-refractivity contribution in [2.24, 2.45) is 0 Å². The van der Waals surface area contributed by atoms with Crippen LogP contribution in [0.4, 0.5) is 4.39 Å². The molecule has 1 atom stereocenters. The quantitative estimate of drug-likeness (QED) is 0.435. The molecule has 4 rings (SSSR count). The van der Waals surface area contributed by atoms with Gasteiger partial charge in [0.2, 0.25) is 0 Å². The van der Waals surface area contributed by atoms with Gasteiger partial charge in [0.15, 0.2) is 0 Å². The predicted molar refractivity (Wildman–Crippen MR) is 115 cm³/mol. The molecule has 2 aromatic carbocycles. The molecule has 0 aliphatic carbocycles. The Bertz CT molecular complexity index is 951. The lowest BCUT2D eigenvalue weighted by molar-refractivity contribution is 0.205. The Morgan fingerprint density at radius 1 is 1.19 bits per heavy atom. The van der Waals surface area contributed by atoms with Crippen LogP contribution in [0.25, 0.3) is 0 Å². The van der Waals surface area contributed by atoms with Gasteiger partial charge in [-0.1, -0.05) is 59.3 Å². The van der Waals surface area contributed by atoms with Crippen molar-refractivity contribution in [3.05, 3.63) is 90.8 Å². The Balaban J connectivity index is 1.76. The second kappa shape index (κ2) is 7.86. The lowest BCUT2D eigenvalue weighted by Gasteiger charge is -2.36. The topological polar surface area (TPSA) is 3.24 Å². The van der Waals surface area contributed by atoms with E-state index in [9.17, 15) is 4.39 Å². The molecule has 1 aliphatic heterocycles. The molecule has 0 saturated carbocycles. The van der Waals surface area contributed by atoms with Gasteiger partial charge in [0, 0.05) is 32.9 Å². The zero-order chi connectivity index (χ0) is 19.0. The van der Waals surface area contributed by atoms with Gasteiger partial charge in [0.05, 0.1) is 6.04 Å². The Hall–Kier alpha value is -1.49. The summed E-state index contributed by atoms with van der Waals surface area (Å²) < 4.78 is 15.3.